The van der Waals surface area contributed by atoms with Crippen molar-refractivity contribution in [3.05, 3.63) is 48.0 Å². The van der Waals surface area contributed by atoms with Gasteiger partial charge in [0.05, 0.1) is 11.8 Å². The molecule has 0 aliphatic heterocycles. The summed E-state index contributed by atoms with van der Waals surface area (Å²) < 4.78 is 41.9. The van der Waals surface area contributed by atoms with Gasteiger partial charge in [0.1, 0.15) is 0 Å². The van der Waals surface area contributed by atoms with Gasteiger partial charge in [-0.2, -0.15) is 0 Å². The highest BCUT2D eigenvalue weighted by Gasteiger charge is 2.15. The number of halogens is 3. The maximum Gasteiger partial charge on any atom is 0.343 e. The zero-order valence-electron chi connectivity index (χ0n) is 6.89. The Kier molecular flexibility index (Phi) is 2.91. The van der Waals surface area contributed by atoms with E-state index < -0.39 is 29.0 Å². The zero-order valence-corrected chi connectivity index (χ0v) is 6.89. The third kappa shape index (κ3) is 1.93. The van der Waals surface area contributed by atoms with E-state index in [9.17, 15) is 18.0 Å². The van der Waals surface area contributed by atoms with Crippen LogP contribution in [0.1, 0.15) is 10.4 Å². The number of hydrogen-bond acceptors (Lipinski definition) is 2. The van der Waals surface area contributed by atoms with Crippen LogP contribution in [0.2, 0.25) is 0 Å². The van der Waals surface area contributed by atoms with Gasteiger partial charge in [-0.3, -0.25) is 0 Å². The minimum Gasteiger partial charge on any atom is -0.432 e. The van der Waals surface area contributed by atoms with Crippen molar-refractivity contribution < 1.29 is 22.7 Å². The van der Waals surface area contributed by atoms with Crippen molar-refractivity contribution in [2.24, 2.45) is 0 Å². The standard InChI is InChI=1S/C9H5F3O2/c1-2-14-9(13)5-3-6(10)8(12)7(11)4-5/h2-4H,1H2. The zero-order chi connectivity index (χ0) is 10.7. The Labute approximate surface area is 77.6 Å². The lowest BCUT2D eigenvalue weighted by atomic mass is 10.2. The molecule has 0 bridgehead atoms. The quantitative estimate of drug-likeness (QED) is 0.418. The Bertz CT molecular complexity index is 365. The summed E-state index contributed by atoms with van der Waals surface area (Å²) in [6, 6.07) is 1.09. The summed E-state index contributed by atoms with van der Waals surface area (Å²) in [6.45, 7) is 3.08. The highest BCUT2D eigenvalue weighted by atomic mass is 19.2. The number of ether oxygens (including phenoxy) is 1. The van der Waals surface area contributed by atoms with E-state index in [2.05, 4.69) is 11.3 Å². The lowest BCUT2D eigenvalue weighted by molar-refractivity contribution is 0.0663. The van der Waals surface area contributed by atoms with E-state index in [1.165, 1.54) is 0 Å². The Morgan fingerprint density at radius 2 is 1.79 bits per heavy atom. The van der Waals surface area contributed by atoms with Crippen LogP contribution in [0.15, 0.2) is 25.0 Å². The van der Waals surface area contributed by atoms with E-state index in [0.717, 1.165) is 6.26 Å². The molecule has 14 heavy (non-hydrogen) atoms. The van der Waals surface area contributed by atoms with Crippen LogP contribution >= 0.6 is 0 Å². The van der Waals surface area contributed by atoms with Crippen LogP contribution in [0, 0.1) is 17.5 Å². The van der Waals surface area contributed by atoms with Gasteiger partial charge in [0.15, 0.2) is 17.5 Å². The summed E-state index contributed by atoms with van der Waals surface area (Å²) >= 11 is 0. The first-order valence-electron chi connectivity index (χ1n) is 3.52. The molecule has 0 aliphatic carbocycles. The second kappa shape index (κ2) is 3.95. The maximum absolute atomic E-state index is 12.6. The topological polar surface area (TPSA) is 26.3 Å². The van der Waals surface area contributed by atoms with Gasteiger partial charge in [-0.25, -0.2) is 18.0 Å². The molecule has 5 heteroatoms. The van der Waals surface area contributed by atoms with Crippen LogP contribution in [-0.2, 0) is 4.74 Å². The molecule has 2 nitrogen and oxygen atoms in total. The minimum absolute atomic E-state index is 0.415. The van der Waals surface area contributed by atoms with Crippen molar-refractivity contribution in [3.8, 4) is 0 Å². The molecular formula is C9H5F3O2. The van der Waals surface area contributed by atoms with E-state index in [1.54, 1.807) is 0 Å². The summed E-state index contributed by atoms with van der Waals surface area (Å²) in [5.41, 5.74) is -0.415. The molecule has 0 radical (unpaired) electrons. The van der Waals surface area contributed by atoms with Crippen molar-refractivity contribution in [1.82, 2.24) is 0 Å². The first-order chi connectivity index (χ1) is 6.56. The van der Waals surface area contributed by atoms with Crippen molar-refractivity contribution >= 4 is 5.97 Å². The third-order valence-electron chi connectivity index (χ3n) is 1.41. The van der Waals surface area contributed by atoms with Crippen LogP contribution in [0.4, 0.5) is 13.2 Å². The number of carbonyl (C=O) groups is 1. The Morgan fingerprint density at radius 1 is 1.29 bits per heavy atom. The number of hydrogen-bond donors (Lipinski definition) is 0. The van der Waals surface area contributed by atoms with E-state index in [0.29, 0.717) is 12.1 Å². The van der Waals surface area contributed by atoms with Crippen molar-refractivity contribution in [1.29, 1.82) is 0 Å². The second-order valence-electron chi connectivity index (χ2n) is 2.33. The molecule has 0 N–H and O–H groups in total. The molecule has 1 aromatic rings. The van der Waals surface area contributed by atoms with Gasteiger partial charge >= 0.3 is 5.97 Å². The number of esters is 1. The fourth-order valence-electron chi connectivity index (χ4n) is 0.817. The van der Waals surface area contributed by atoms with Gasteiger partial charge in [0.25, 0.3) is 0 Å². The number of benzene rings is 1. The number of rotatable bonds is 2. The molecule has 0 aromatic heterocycles. The largest absolute Gasteiger partial charge is 0.432 e. The number of carbonyl (C=O) groups excluding carboxylic acids is 1. The molecule has 0 fully saturated rings. The van der Waals surface area contributed by atoms with Gasteiger partial charge in [0.2, 0.25) is 0 Å². The average molecular weight is 202 g/mol. The van der Waals surface area contributed by atoms with E-state index in [-0.39, 0.29) is 0 Å². The van der Waals surface area contributed by atoms with Crippen LogP contribution in [-0.4, -0.2) is 5.97 Å². The molecule has 0 unspecified atom stereocenters. The normalized spacial score (nSPS) is 9.64. The molecule has 74 valence electrons. The van der Waals surface area contributed by atoms with Crippen molar-refractivity contribution in [3.63, 3.8) is 0 Å². The fraction of sp³-hybridized carbons (Fsp3) is 0. The summed E-state index contributed by atoms with van der Waals surface area (Å²) in [5, 5.41) is 0. The van der Waals surface area contributed by atoms with E-state index >= 15 is 0 Å². The average Bonchev–Trinajstić information content (AvgIpc) is 2.13. The van der Waals surface area contributed by atoms with Gasteiger partial charge < -0.3 is 4.74 Å². The molecule has 0 saturated heterocycles. The smallest absolute Gasteiger partial charge is 0.343 e. The predicted molar refractivity (Wildman–Crippen MR) is 41.9 cm³/mol. The summed E-state index contributed by atoms with van der Waals surface area (Å²) in [7, 11) is 0. The molecule has 0 saturated carbocycles. The molecule has 0 spiro atoms. The predicted octanol–water partition coefficient (Wildman–Crippen LogP) is 2.40. The van der Waals surface area contributed by atoms with Gasteiger partial charge in [-0.1, -0.05) is 6.58 Å². The van der Waals surface area contributed by atoms with Crippen LogP contribution in [0.5, 0.6) is 0 Å². The lowest BCUT2D eigenvalue weighted by Crippen LogP contribution is -2.03. The molecular weight excluding hydrogens is 197 g/mol. The highest BCUT2D eigenvalue weighted by Crippen LogP contribution is 2.14. The molecule has 1 aromatic carbocycles. The molecule has 0 amide bonds. The Hall–Kier alpha value is -1.78. The van der Waals surface area contributed by atoms with Crippen LogP contribution in [0.25, 0.3) is 0 Å². The van der Waals surface area contributed by atoms with Crippen molar-refractivity contribution in [2.45, 2.75) is 0 Å². The highest BCUT2D eigenvalue weighted by molar-refractivity contribution is 5.89. The summed E-state index contributed by atoms with van der Waals surface area (Å²) in [5.74, 6) is -5.51. The molecule has 0 heterocycles. The second-order valence-corrected chi connectivity index (χ2v) is 2.33. The van der Waals surface area contributed by atoms with Gasteiger partial charge in [0, 0.05) is 0 Å². The lowest BCUT2D eigenvalue weighted by Gasteiger charge is -2.00. The summed E-state index contributed by atoms with van der Waals surface area (Å²) in [6.07, 6.45) is 0.807. The monoisotopic (exact) mass is 202 g/mol. The minimum atomic E-state index is -1.62. The van der Waals surface area contributed by atoms with Crippen LogP contribution in [0.3, 0.4) is 0 Å². The Balaban J connectivity index is 3.12. The Morgan fingerprint density at radius 3 is 2.21 bits per heavy atom. The van der Waals surface area contributed by atoms with Gasteiger partial charge in [-0.15, -0.1) is 0 Å². The van der Waals surface area contributed by atoms with E-state index in [4.69, 9.17) is 0 Å². The third-order valence-corrected chi connectivity index (χ3v) is 1.41. The maximum atomic E-state index is 12.6. The van der Waals surface area contributed by atoms with Crippen molar-refractivity contribution in [2.75, 3.05) is 0 Å². The molecule has 0 aliphatic rings. The molecule has 0 atom stereocenters. The van der Waals surface area contributed by atoms with Gasteiger partial charge in [-0.05, 0) is 12.1 Å². The first-order valence-corrected chi connectivity index (χ1v) is 3.52. The first kappa shape index (κ1) is 10.3. The SMILES string of the molecule is C=COC(=O)c1cc(F)c(F)c(F)c1. The van der Waals surface area contributed by atoms with Crippen LogP contribution < -0.4 is 0 Å². The van der Waals surface area contributed by atoms with E-state index in [1.807, 2.05) is 0 Å². The molecule has 1 rings (SSSR count). The summed E-state index contributed by atoms with van der Waals surface area (Å²) in [4.78, 5) is 10.9. The fourth-order valence-corrected chi connectivity index (χ4v) is 0.817.